The van der Waals surface area contributed by atoms with Crippen LogP contribution >= 0.6 is 0 Å². The quantitative estimate of drug-likeness (QED) is 0.710. The van der Waals surface area contributed by atoms with Gasteiger partial charge in [-0.15, -0.1) is 0 Å². The summed E-state index contributed by atoms with van der Waals surface area (Å²) in [7, 11) is 0. The lowest BCUT2D eigenvalue weighted by atomic mass is 9.94. The summed E-state index contributed by atoms with van der Waals surface area (Å²) in [6, 6.07) is 19.6. The second-order valence-corrected chi connectivity index (χ2v) is 5.47. The first kappa shape index (κ1) is 15.5. The minimum absolute atomic E-state index is 0.00811. The van der Waals surface area contributed by atoms with Crippen molar-refractivity contribution in [3.05, 3.63) is 66.2 Å². The molecule has 0 spiro atoms. The molecule has 2 aromatic rings. The molecule has 0 saturated carbocycles. The smallest absolute Gasteiger partial charge is 0.226 e. The zero-order chi connectivity index (χ0) is 15.9. The summed E-state index contributed by atoms with van der Waals surface area (Å²) in [5.41, 5.74) is 7.36. The second-order valence-electron chi connectivity index (χ2n) is 5.47. The normalized spacial score (nSPS) is 20.2. The molecule has 0 bridgehead atoms. The number of carbonyl (C=O) groups is 1. The van der Waals surface area contributed by atoms with Gasteiger partial charge in [-0.05, 0) is 17.7 Å². The molecule has 0 radical (unpaired) electrons. The van der Waals surface area contributed by atoms with Crippen molar-refractivity contribution in [3.63, 3.8) is 0 Å². The average Bonchev–Trinajstić information content (AvgIpc) is 3.10. The van der Waals surface area contributed by atoms with Crippen LogP contribution in [-0.4, -0.2) is 25.6 Å². The first-order valence-corrected chi connectivity index (χ1v) is 7.83. The average molecular weight is 311 g/mol. The fourth-order valence-electron chi connectivity index (χ4n) is 2.71. The van der Waals surface area contributed by atoms with E-state index in [1.165, 1.54) is 0 Å². The van der Waals surface area contributed by atoms with E-state index in [1.807, 2.05) is 60.7 Å². The Balaban J connectivity index is 1.48. The summed E-state index contributed by atoms with van der Waals surface area (Å²) < 4.78 is 5.58. The third-order valence-corrected chi connectivity index (χ3v) is 3.89. The molecule has 5 nitrogen and oxygen atoms in total. The molecular formula is C18H21N3O2. The number of para-hydroxylation sites is 1. The van der Waals surface area contributed by atoms with E-state index in [-0.39, 0.29) is 17.9 Å². The molecule has 2 unspecified atom stereocenters. The van der Waals surface area contributed by atoms with Crippen molar-refractivity contribution in [3.8, 4) is 5.75 Å². The van der Waals surface area contributed by atoms with E-state index in [4.69, 9.17) is 4.74 Å². The van der Waals surface area contributed by atoms with Gasteiger partial charge in [-0.1, -0.05) is 48.5 Å². The fraction of sp³-hybridized carbons (Fsp3) is 0.278. The Morgan fingerprint density at radius 3 is 2.52 bits per heavy atom. The number of ether oxygens (including phenoxy) is 1. The number of nitrogens with one attached hydrogen (secondary N) is 3. The summed E-state index contributed by atoms with van der Waals surface area (Å²) >= 11 is 0. The highest BCUT2D eigenvalue weighted by molar-refractivity contribution is 5.80. The predicted molar refractivity (Wildman–Crippen MR) is 88.8 cm³/mol. The van der Waals surface area contributed by atoms with E-state index < -0.39 is 0 Å². The van der Waals surface area contributed by atoms with Gasteiger partial charge in [-0.3, -0.25) is 10.2 Å². The van der Waals surface area contributed by atoms with Gasteiger partial charge in [0.2, 0.25) is 5.91 Å². The topological polar surface area (TPSA) is 62.4 Å². The number of amides is 1. The van der Waals surface area contributed by atoms with Crippen molar-refractivity contribution in [2.75, 3.05) is 19.7 Å². The zero-order valence-corrected chi connectivity index (χ0v) is 12.9. The summed E-state index contributed by atoms with van der Waals surface area (Å²) in [5, 5.41) is 2.95. The number of hydrazine groups is 1. The molecule has 1 aliphatic rings. The molecule has 120 valence electrons. The molecule has 2 aromatic carbocycles. The standard InChI is InChI=1S/C18H21N3O2/c22-18(19-11-12-23-15-9-5-2-6-10-15)16-13-20-21-17(16)14-7-3-1-4-8-14/h1-10,16-17,20-21H,11-13H2,(H,19,22). The van der Waals surface area contributed by atoms with Crippen molar-refractivity contribution >= 4 is 5.91 Å². The molecule has 1 fully saturated rings. The molecule has 2 atom stereocenters. The van der Waals surface area contributed by atoms with Crippen molar-refractivity contribution < 1.29 is 9.53 Å². The summed E-state index contributed by atoms with van der Waals surface area (Å²) in [6.45, 7) is 1.57. The molecule has 0 aliphatic carbocycles. The molecule has 1 heterocycles. The van der Waals surface area contributed by atoms with Gasteiger partial charge in [-0.25, -0.2) is 5.43 Å². The van der Waals surface area contributed by atoms with Crippen LogP contribution in [0, 0.1) is 5.92 Å². The highest BCUT2D eigenvalue weighted by Gasteiger charge is 2.33. The van der Waals surface area contributed by atoms with E-state index in [0.29, 0.717) is 19.7 Å². The van der Waals surface area contributed by atoms with Gasteiger partial charge in [0.1, 0.15) is 12.4 Å². The predicted octanol–water partition coefficient (Wildman–Crippen LogP) is 1.65. The van der Waals surface area contributed by atoms with Crippen LogP contribution in [0.3, 0.4) is 0 Å². The fourth-order valence-corrected chi connectivity index (χ4v) is 2.71. The summed E-state index contributed by atoms with van der Waals surface area (Å²) in [5.74, 6) is 0.718. The van der Waals surface area contributed by atoms with E-state index in [0.717, 1.165) is 11.3 Å². The lowest BCUT2D eigenvalue weighted by Gasteiger charge is -2.18. The van der Waals surface area contributed by atoms with Gasteiger partial charge in [0.25, 0.3) is 0 Å². The minimum atomic E-state index is -0.130. The van der Waals surface area contributed by atoms with E-state index in [9.17, 15) is 4.79 Å². The number of hydrogen-bond donors (Lipinski definition) is 3. The van der Waals surface area contributed by atoms with Crippen LogP contribution in [0.15, 0.2) is 60.7 Å². The SMILES string of the molecule is O=C(NCCOc1ccccc1)C1CNNC1c1ccccc1. The molecule has 23 heavy (non-hydrogen) atoms. The molecule has 5 heteroatoms. The molecule has 1 amide bonds. The van der Waals surface area contributed by atoms with Crippen LogP contribution in [0.2, 0.25) is 0 Å². The van der Waals surface area contributed by atoms with Crippen LogP contribution in [0.1, 0.15) is 11.6 Å². The van der Waals surface area contributed by atoms with Gasteiger partial charge < -0.3 is 10.1 Å². The molecule has 0 aromatic heterocycles. The van der Waals surface area contributed by atoms with E-state index in [2.05, 4.69) is 16.2 Å². The first-order chi connectivity index (χ1) is 11.3. The lowest BCUT2D eigenvalue weighted by Crippen LogP contribution is -2.37. The Morgan fingerprint density at radius 1 is 1.09 bits per heavy atom. The number of benzene rings is 2. The van der Waals surface area contributed by atoms with Crippen molar-refractivity contribution in [2.45, 2.75) is 6.04 Å². The zero-order valence-electron chi connectivity index (χ0n) is 12.9. The maximum Gasteiger partial charge on any atom is 0.226 e. The monoisotopic (exact) mass is 311 g/mol. The first-order valence-electron chi connectivity index (χ1n) is 7.83. The van der Waals surface area contributed by atoms with Crippen LogP contribution in [0.4, 0.5) is 0 Å². The van der Waals surface area contributed by atoms with Gasteiger partial charge >= 0.3 is 0 Å². The molecule has 1 saturated heterocycles. The molecule has 3 rings (SSSR count). The van der Waals surface area contributed by atoms with Gasteiger partial charge in [0.05, 0.1) is 18.5 Å². The van der Waals surface area contributed by atoms with Gasteiger partial charge in [0.15, 0.2) is 0 Å². The Morgan fingerprint density at radius 2 is 1.78 bits per heavy atom. The minimum Gasteiger partial charge on any atom is -0.492 e. The van der Waals surface area contributed by atoms with Crippen molar-refractivity contribution in [1.29, 1.82) is 0 Å². The maximum absolute atomic E-state index is 12.4. The third-order valence-electron chi connectivity index (χ3n) is 3.89. The lowest BCUT2D eigenvalue weighted by molar-refractivity contribution is -0.125. The number of hydrogen-bond acceptors (Lipinski definition) is 4. The van der Waals surface area contributed by atoms with E-state index in [1.54, 1.807) is 0 Å². The Bertz CT molecular complexity index is 619. The third kappa shape index (κ3) is 4.09. The number of rotatable bonds is 6. The molecular weight excluding hydrogens is 290 g/mol. The van der Waals surface area contributed by atoms with Crippen LogP contribution in [0.5, 0.6) is 5.75 Å². The second kappa shape index (κ2) is 7.76. The number of carbonyl (C=O) groups excluding carboxylic acids is 1. The van der Waals surface area contributed by atoms with Gasteiger partial charge in [-0.2, -0.15) is 0 Å². The van der Waals surface area contributed by atoms with Gasteiger partial charge in [0, 0.05) is 6.54 Å². The molecule has 3 N–H and O–H groups in total. The highest BCUT2D eigenvalue weighted by Crippen LogP contribution is 2.24. The Kier molecular flexibility index (Phi) is 5.24. The van der Waals surface area contributed by atoms with Crippen LogP contribution < -0.4 is 20.9 Å². The largest absolute Gasteiger partial charge is 0.492 e. The van der Waals surface area contributed by atoms with Crippen LogP contribution in [-0.2, 0) is 4.79 Å². The highest BCUT2D eigenvalue weighted by atomic mass is 16.5. The summed E-state index contributed by atoms with van der Waals surface area (Å²) in [4.78, 5) is 12.4. The van der Waals surface area contributed by atoms with Crippen LogP contribution in [0.25, 0.3) is 0 Å². The Labute approximate surface area is 136 Å². The van der Waals surface area contributed by atoms with E-state index >= 15 is 0 Å². The van der Waals surface area contributed by atoms with Crippen molar-refractivity contribution in [1.82, 2.24) is 16.2 Å². The maximum atomic E-state index is 12.4. The molecule has 1 aliphatic heterocycles. The Hall–Kier alpha value is -2.37. The van der Waals surface area contributed by atoms with Crippen molar-refractivity contribution in [2.24, 2.45) is 5.92 Å². The summed E-state index contributed by atoms with van der Waals surface area (Å²) in [6.07, 6.45) is 0.